The van der Waals surface area contributed by atoms with Crippen molar-refractivity contribution in [2.75, 3.05) is 33.7 Å². The van der Waals surface area contributed by atoms with Crippen LogP contribution in [0.5, 0.6) is 0 Å². The quantitative estimate of drug-likeness (QED) is 0.752. The largest absolute Gasteiger partial charge is 0.480 e. The Bertz CT molecular complexity index is 376. The number of nitrogens with zero attached hydrogens (tertiary/aromatic N) is 2. The van der Waals surface area contributed by atoms with Crippen LogP contribution in [-0.2, 0) is 9.59 Å². The first-order valence-electron chi connectivity index (χ1n) is 7.56. The van der Waals surface area contributed by atoms with Crippen LogP contribution in [0.2, 0.25) is 0 Å². The molecule has 0 aliphatic carbocycles. The smallest absolute Gasteiger partial charge is 0.325 e. The molecule has 21 heavy (non-hydrogen) atoms. The molecule has 0 aromatic heterocycles. The van der Waals surface area contributed by atoms with Crippen LogP contribution in [0.3, 0.4) is 0 Å². The second-order valence-electron chi connectivity index (χ2n) is 6.87. The molecule has 6 heteroatoms. The Kier molecular flexibility index (Phi) is 6.16. The summed E-state index contributed by atoms with van der Waals surface area (Å²) in [6, 6.07) is -0.365. The standard InChI is InChI=1S/C15H29N3O3/c1-11(13(19)20)16-14(21)15(2,3)10-18(5)12-6-8-17(4)9-7-12/h11-12H,6-10H2,1-5H3,(H,16,21)(H,19,20). The Labute approximate surface area is 127 Å². The first-order valence-corrected chi connectivity index (χ1v) is 7.56. The van der Waals surface area contributed by atoms with Crippen molar-refractivity contribution >= 4 is 11.9 Å². The van der Waals surface area contributed by atoms with Crippen molar-refractivity contribution in [3.05, 3.63) is 0 Å². The molecular formula is C15H29N3O3. The zero-order chi connectivity index (χ0) is 16.2. The number of nitrogens with one attached hydrogen (secondary N) is 1. The van der Waals surface area contributed by atoms with Gasteiger partial charge in [0.15, 0.2) is 0 Å². The van der Waals surface area contributed by atoms with Gasteiger partial charge in [0.05, 0.1) is 5.41 Å². The molecule has 0 saturated carbocycles. The van der Waals surface area contributed by atoms with E-state index < -0.39 is 17.4 Å². The van der Waals surface area contributed by atoms with Crippen LogP contribution in [0.4, 0.5) is 0 Å². The average molecular weight is 299 g/mol. The lowest BCUT2D eigenvalue weighted by atomic mass is 9.90. The number of carbonyl (C=O) groups is 2. The molecule has 0 radical (unpaired) electrons. The Morgan fingerprint density at radius 3 is 2.38 bits per heavy atom. The molecule has 1 aliphatic rings. The summed E-state index contributed by atoms with van der Waals surface area (Å²) in [6.07, 6.45) is 2.21. The first kappa shape index (κ1) is 17.9. The van der Waals surface area contributed by atoms with E-state index in [2.05, 4.69) is 22.2 Å². The predicted octanol–water partition coefficient (Wildman–Crippen LogP) is 0.628. The summed E-state index contributed by atoms with van der Waals surface area (Å²) in [6.45, 7) is 8.00. The van der Waals surface area contributed by atoms with Crippen LogP contribution in [0.1, 0.15) is 33.6 Å². The molecule has 2 N–H and O–H groups in total. The van der Waals surface area contributed by atoms with E-state index >= 15 is 0 Å². The first-order chi connectivity index (χ1) is 9.63. The van der Waals surface area contributed by atoms with Crippen LogP contribution in [0, 0.1) is 5.41 Å². The fourth-order valence-corrected chi connectivity index (χ4v) is 2.71. The van der Waals surface area contributed by atoms with Gasteiger partial charge in [-0.05, 0) is 60.8 Å². The van der Waals surface area contributed by atoms with E-state index in [1.807, 2.05) is 20.9 Å². The number of rotatable bonds is 6. The van der Waals surface area contributed by atoms with Gasteiger partial charge < -0.3 is 20.2 Å². The summed E-state index contributed by atoms with van der Waals surface area (Å²) in [5.41, 5.74) is -0.609. The van der Waals surface area contributed by atoms with Gasteiger partial charge in [-0.1, -0.05) is 0 Å². The molecule has 0 aromatic rings. The third-order valence-corrected chi connectivity index (χ3v) is 4.29. The molecule has 1 fully saturated rings. The molecule has 0 bridgehead atoms. The summed E-state index contributed by atoms with van der Waals surface area (Å²) in [5, 5.41) is 11.4. The summed E-state index contributed by atoms with van der Waals surface area (Å²) >= 11 is 0. The van der Waals surface area contributed by atoms with Crippen LogP contribution < -0.4 is 5.32 Å². The van der Waals surface area contributed by atoms with Gasteiger partial charge in [0, 0.05) is 12.6 Å². The molecule has 0 aromatic carbocycles. The highest BCUT2D eigenvalue weighted by molar-refractivity contribution is 5.86. The highest BCUT2D eigenvalue weighted by atomic mass is 16.4. The second-order valence-corrected chi connectivity index (χ2v) is 6.87. The molecule has 1 amide bonds. The predicted molar refractivity (Wildman–Crippen MR) is 82.2 cm³/mol. The Morgan fingerprint density at radius 2 is 1.90 bits per heavy atom. The number of amides is 1. The highest BCUT2D eigenvalue weighted by Gasteiger charge is 2.33. The van der Waals surface area contributed by atoms with E-state index in [-0.39, 0.29) is 5.91 Å². The normalized spacial score (nSPS) is 19.5. The van der Waals surface area contributed by atoms with E-state index in [0.717, 1.165) is 25.9 Å². The van der Waals surface area contributed by atoms with Crippen molar-refractivity contribution < 1.29 is 14.7 Å². The van der Waals surface area contributed by atoms with Gasteiger partial charge in [-0.15, -0.1) is 0 Å². The number of carbonyl (C=O) groups excluding carboxylic acids is 1. The summed E-state index contributed by atoms with van der Waals surface area (Å²) in [5.74, 6) is -1.22. The van der Waals surface area contributed by atoms with Gasteiger partial charge >= 0.3 is 5.97 Å². The zero-order valence-corrected chi connectivity index (χ0v) is 13.8. The number of carboxylic acids is 1. The molecule has 1 atom stereocenters. The molecule has 122 valence electrons. The van der Waals surface area contributed by atoms with Gasteiger partial charge in [0.2, 0.25) is 5.91 Å². The topological polar surface area (TPSA) is 72.9 Å². The number of aliphatic carboxylic acids is 1. The van der Waals surface area contributed by atoms with Crippen molar-refractivity contribution in [2.45, 2.75) is 45.7 Å². The number of hydrogen-bond donors (Lipinski definition) is 2. The van der Waals surface area contributed by atoms with Crippen LogP contribution in [-0.4, -0.2) is 72.6 Å². The fraction of sp³-hybridized carbons (Fsp3) is 0.867. The molecule has 1 heterocycles. The Balaban J connectivity index is 2.54. The van der Waals surface area contributed by atoms with E-state index in [0.29, 0.717) is 12.6 Å². The summed E-state index contributed by atoms with van der Waals surface area (Å²) in [4.78, 5) is 27.6. The lowest BCUT2D eigenvalue weighted by Crippen LogP contribution is -2.51. The molecule has 1 saturated heterocycles. The molecule has 1 aliphatic heterocycles. The van der Waals surface area contributed by atoms with Gasteiger partial charge in [0.1, 0.15) is 6.04 Å². The maximum Gasteiger partial charge on any atom is 0.325 e. The minimum absolute atomic E-state index is 0.211. The van der Waals surface area contributed by atoms with E-state index in [1.165, 1.54) is 6.92 Å². The molecule has 0 spiro atoms. The Morgan fingerprint density at radius 1 is 1.38 bits per heavy atom. The maximum absolute atomic E-state index is 12.2. The minimum Gasteiger partial charge on any atom is -0.480 e. The number of carboxylic acid groups (broad SMARTS) is 1. The van der Waals surface area contributed by atoms with Gasteiger partial charge in [-0.3, -0.25) is 9.59 Å². The lowest BCUT2D eigenvalue weighted by molar-refractivity contribution is -0.143. The summed E-state index contributed by atoms with van der Waals surface area (Å²) in [7, 11) is 4.17. The third kappa shape index (κ3) is 5.28. The van der Waals surface area contributed by atoms with Gasteiger partial charge in [-0.2, -0.15) is 0 Å². The zero-order valence-electron chi connectivity index (χ0n) is 13.8. The number of likely N-dealkylation sites (tertiary alicyclic amines) is 1. The minimum atomic E-state index is -1.01. The molecular weight excluding hydrogens is 270 g/mol. The van der Waals surface area contributed by atoms with E-state index in [4.69, 9.17) is 5.11 Å². The van der Waals surface area contributed by atoms with Gasteiger partial charge in [0.25, 0.3) is 0 Å². The summed E-state index contributed by atoms with van der Waals surface area (Å²) < 4.78 is 0. The van der Waals surface area contributed by atoms with Gasteiger partial charge in [-0.25, -0.2) is 0 Å². The molecule has 1 rings (SSSR count). The van der Waals surface area contributed by atoms with E-state index in [9.17, 15) is 9.59 Å². The van der Waals surface area contributed by atoms with Crippen molar-refractivity contribution in [1.29, 1.82) is 0 Å². The lowest BCUT2D eigenvalue weighted by Gasteiger charge is -2.38. The number of piperidine rings is 1. The van der Waals surface area contributed by atoms with Crippen LogP contribution >= 0.6 is 0 Å². The SMILES string of the molecule is CC(NC(=O)C(C)(C)CN(C)C1CCN(C)CC1)C(=O)O. The van der Waals surface area contributed by atoms with Crippen LogP contribution in [0.25, 0.3) is 0 Å². The monoisotopic (exact) mass is 299 g/mol. The van der Waals surface area contributed by atoms with Crippen molar-refractivity contribution in [3.8, 4) is 0 Å². The Hall–Kier alpha value is -1.14. The fourth-order valence-electron chi connectivity index (χ4n) is 2.71. The maximum atomic E-state index is 12.2. The van der Waals surface area contributed by atoms with Crippen molar-refractivity contribution in [2.24, 2.45) is 5.41 Å². The van der Waals surface area contributed by atoms with Crippen molar-refractivity contribution in [3.63, 3.8) is 0 Å². The molecule has 6 nitrogen and oxygen atoms in total. The van der Waals surface area contributed by atoms with E-state index in [1.54, 1.807) is 0 Å². The van der Waals surface area contributed by atoms with Crippen molar-refractivity contribution in [1.82, 2.24) is 15.1 Å². The second kappa shape index (κ2) is 7.22. The number of hydrogen-bond acceptors (Lipinski definition) is 4. The molecule has 1 unspecified atom stereocenters. The van der Waals surface area contributed by atoms with Crippen LogP contribution in [0.15, 0.2) is 0 Å². The highest BCUT2D eigenvalue weighted by Crippen LogP contribution is 2.22. The average Bonchev–Trinajstić information content (AvgIpc) is 2.38. The third-order valence-electron chi connectivity index (χ3n) is 4.29.